The molecule has 2 aromatic carbocycles. The number of carbonyl (C=O) groups is 2. The molecule has 3 rings (SSSR count). The van der Waals surface area contributed by atoms with Gasteiger partial charge in [-0.1, -0.05) is 29.8 Å². The smallest absolute Gasteiger partial charge is 0.269 e. The summed E-state index contributed by atoms with van der Waals surface area (Å²) < 4.78 is 0. The first kappa shape index (κ1) is 24.8. The number of nitrogens with zero attached hydrogens (tertiary/aromatic N) is 4. The molecule has 0 atom stereocenters. The highest BCUT2D eigenvalue weighted by Crippen LogP contribution is 2.41. The number of hydrogen-bond donors (Lipinski definition) is 0. The topological polar surface area (TPSA) is 56.3 Å². The van der Waals surface area contributed by atoms with Crippen LogP contribution in [0.3, 0.4) is 0 Å². The Hall–Kier alpha value is -2.87. The molecule has 7 nitrogen and oxygen atoms in total. The van der Waals surface area contributed by atoms with Gasteiger partial charge in [0.15, 0.2) is 0 Å². The number of hydroxylamine groups is 2. The molecule has 0 saturated carbocycles. The van der Waals surface area contributed by atoms with Crippen LogP contribution in [0.5, 0.6) is 0 Å². The third-order valence-electron chi connectivity index (χ3n) is 5.75. The minimum Gasteiger partial charge on any atom is -0.339 e. The second-order valence-electron chi connectivity index (χ2n) is 8.06. The Morgan fingerprint density at radius 3 is 2.55 bits per heavy atom. The average Bonchev–Trinajstić information content (AvgIpc) is 2.90. The van der Waals surface area contributed by atoms with Gasteiger partial charge < -0.3 is 14.7 Å². The van der Waals surface area contributed by atoms with Gasteiger partial charge in [0.2, 0.25) is 0 Å². The molecule has 0 radical (unpaired) electrons. The molecule has 0 saturated heterocycles. The zero-order chi connectivity index (χ0) is 24.0. The van der Waals surface area contributed by atoms with Crippen LogP contribution in [0.15, 0.2) is 54.6 Å². The molecule has 1 aliphatic rings. The highest BCUT2D eigenvalue weighted by Gasteiger charge is 2.28. The van der Waals surface area contributed by atoms with Crippen LogP contribution in [-0.4, -0.2) is 69.7 Å². The monoisotopic (exact) mass is 470 g/mol. The molecule has 0 spiro atoms. The van der Waals surface area contributed by atoms with E-state index >= 15 is 0 Å². The fourth-order valence-corrected chi connectivity index (χ4v) is 3.98. The lowest BCUT2D eigenvalue weighted by atomic mass is 10.1. The SMILES string of the molecule is CON(C)C(=O)/C=C/CN(C)CCCCN1c2cc(Cl)ccc2C(=O)N(C)c2ccccc21. The molecular formula is C25H31ClN4O3. The number of anilines is 3. The van der Waals surface area contributed by atoms with Crippen LogP contribution in [0.4, 0.5) is 17.1 Å². The lowest BCUT2D eigenvalue weighted by Gasteiger charge is -2.27. The molecule has 2 amide bonds. The number of fused-ring (bicyclic) bond motifs is 2. The van der Waals surface area contributed by atoms with Crippen molar-refractivity contribution in [1.82, 2.24) is 9.96 Å². The van der Waals surface area contributed by atoms with E-state index in [2.05, 4.69) is 9.80 Å². The number of carbonyl (C=O) groups excluding carboxylic acids is 2. The van der Waals surface area contributed by atoms with Gasteiger partial charge in [0.25, 0.3) is 11.8 Å². The van der Waals surface area contributed by atoms with E-state index in [9.17, 15) is 9.59 Å². The van der Waals surface area contributed by atoms with E-state index in [1.165, 1.54) is 18.2 Å². The Morgan fingerprint density at radius 1 is 1.09 bits per heavy atom. The molecule has 0 unspecified atom stereocenters. The molecule has 1 heterocycles. The van der Waals surface area contributed by atoms with Gasteiger partial charge >= 0.3 is 0 Å². The number of para-hydroxylation sites is 2. The third-order valence-corrected chi connectivity index (χ3v) is 5.99. The van der Waals surface area contributed by atoms with Crippen molar-refractivity contribution in [1.29, 1.82) is 0 Å². The fourth-order valence-electron chi connectivity index (χ4n) is 3.82. The van der Waals surface area contributed by atoms with Crippen molar-refractivity contribution in [3.05, 3.63) is 65.2 Å². The van der Waals surface area contributed by atoms with Crippen LogP contribution in [0.25, 0.3) is 0 Å². The summed E-state index contributed by atoms with van der Waals surface area (Å²) in [7, 11) is 6.87. The van der Waals surface area contributed by atoms with Gasteiger partial charge in [-0.15, -0.1) is 0 Å². The standard InChI is InChI=1S/C25H31ClN4O3/c1-27(16-9-12-24(31)29(3)33-4)15-7-8-17-30-22-11-6-5-10-21(22)28(2)25(32)20-14-13-19(26)18-23(20)30/h5-6,9-14,18H,7-8,15-17H2,1-4H3/b12-9+. The summed E-state index contributed by atoms with van der Waals surface area (Å²) >= 11 is 6.31. The average molecular weight is 471 g/mol. The summed E-state index contributed by atoms with van der Waals surface area (Å²) in [5, 5.41) is 1.79. The van der Waals surface area contributed by atoms with Gasteiger partial charge in [0.1, 0.15) is 0 Å². The van der Waals surface area contributed by atoms with Crippen LogP contribution in [0.2, 0.25) is 5.02 Å². The number of halogens is 1. The third kappa shape index (κ3) is 5.93. The highest BCUT2D eigenvalue weighted by atomic mass is 35.5. The lowest BCUT2D eigenvalue weighted by molar-refractivity contribution is -0.162. The molecular weight excluding hydrogens is 440 g/mol. The summed E-state index contributed by atoms with van der Waals surface area (Å²) in [6.07, 6.45) is 5.25. The minimum atomic E-state index is -0.192. The predicted octanol–water partition coefficient (Wildman–Crippen LogP) is 4.36. The number of amides is 2. The van der Waals surface area contributed by atoms with Crippen LogP contribution in [0, 0.1) is 0 Å². The van der Waals surface area contributed by atoms with Crippen molar-refractivity contribution >= 4 is 40.5 Å². The predicted molar refractivity (Wildman–Crippen MR) is 133 cm³/mol. The zero-order valence-corrected chi connectivity index (χ0v) is 20.4. The van der Waals surface area contributed by atoms with Crippen molar-refractivity contribution in [3.63, 3.8) is 0 Å². The van der Waals surface area contributed by atoms with Crippen molar-refractivity contribution in [2.45, 2.75) is 12.8 Å². The largest absolute Gasteiger partial charge is 0.339 e. The maximum atomic E-state index is 13.1. The molecule has 2 aromatic rings. The van der Waals surface area contributed by atoms with Gasteiger partial charge in [-0.3, -0.25) is 14.4 Å². The maximum Gasteiger partial charge on any atom is 0.269 e. The first-order valence-electron chi connectivity index (χ1n) is 10.9. The summed E-state index contributed by atoms with van der Waals surface area (Å²) in [5.74, 6) is -0.237. The number of hydrogen-bond acceptors (Lipinski definition) is 5. The molecule has 8 heteroatoms. The Morgan fingerprint density at radius 2 is 1.82 bits per heavy atom. The van der Waals surface area contributed by atoms with Gasteiger partial charge in [-0.25, -0.2) is 5.06 Å². The summed E-state index contributed by atoms with van der Waals surface area (Å²) in [4.78, 5) is 35.8. The molecule has 1 aliphatic heterocycles. The van der Waals surface area contributed by atoms with E-state index in [1.807, 2.05) is 43.5 Å². The highest BCUT2D eigenvalue weighted by molar-refractivity contribution is 6.31. The van der Waals surface area contributed by atoms with Crippen molar-refractivity contribution < 1.29 is 14.4 Å². The summed E-state index contributed by atoms with van der Waals surface area (Å²) in [6, 6.07) is 13.4. The Bertz CT molecular complexity index is 1030. The second-order valence-corrected chi connectivity index (χ2v) is 8.49. The maximum absolute atomic E-state index is 13.1. The molecule has 0 aromatic heterocycles. The molecule has 33 heavy (non-hydrogen) atoms. The summed E-state index contributed by atoms with van der Waals surface area (Å²) in [5.41, 5.74) is 3.35. The van der Waals surface area contributed by atoms with Gasteiger partial charge in [-0.05, 0) is 56.8 Å². The molecule has 0 N–H and O–H groups in total. The molecule has 0 aliphatic carbocycles. The van der Waals surface area contributed by atoms with E-state index < -0.39 is 0 Å². The van der Waals surface area contributed by atoms with Crippen molar-refractivity contribution in [2.24, 2.45) is 0 Å². The molecule has 0 bridgehead atoms. The number of benzene rings is 2. The normalized spacial score (nSPS) is 13.3. The number of unbranched alkanes of at least 4 members (excludes halogenated alkanes) is 1. The van der Waals surface area contributed by atoms with E-state index in [0.717, 1.165) is 43.0 Å². The van der Waals surface area contributed by atoms with Gasteiger partial charge in [0, 0.05) is 38.3 Å². The summed E-state index contributed by atoms with van der Waals surface area (Å²) in [6.45, 7) is 2.31. The Kier molecular flexibility index (Phi) is 8.49. The fraction of sp³-hybridized carbons (Fsp3) is 0.360. The number of rotatable bonds is 9. The first-order valence-corrected chi connectivity index (χ1v) is 11.3. The van der Waals surface area contributed by atoms with Crippen LogP contribution in [0.1, 0.15) is 23.2 Å². The van der Waals surface area contributed by atoms with Gasteiger partial charge in [-0.2, -0.15) is 0 Å². The van der Waals surface area contributed by atoms with Crippen LogP contribution < -0.4 is 9.80 Å². The van der Waals surface area contributed by atoms with Crippen LogP contribution in [-0.2, 0) is 9.63 Å². The quantitative estimate of drug-likeness (QED) is 0.309. The van der Waals surface area contributed by atoms with Crippen LogP contribution >= 0.6 is 11.6 Å². The van der Waals surface area contributed by atoms with E-state index in [0.29, 0.717) is 17.1 Å². The second kappa shape index (κ2) is 11.3. The molecule has 0 fully saturated rings. The van der Waals surface area contributed by atoms with E-state index in [1.54, 1.807) is 31.1 Å². The van der Waals surface area contributed by atoms with Crippen molar-refractivity contribution in [3.8, 4) is 0 Å². The van der Waals surface area contributed by atoms with Gasteiger partial charge in [0.05, 0.1) is 29.7 Å². The number of likely N-dealkylation sites (N-methyl/N-ethyl adjacent to an activating group) is 2. The Labute approximate surface area is 200 Å². The van der Waals surface area contributed by atoms with Crippen molar-refractivity contribution in [2.75, 3.05) is 57.7 Å². The molecule has 176 valence electrons. The Balaban J connectivity index is 1.66. The zero-order valence-electron chi connectivity index (χ0n) is 19.6. The lowest BCUT2D eigenvalue weighted by Crippen LogP contribution is -2.25. The minimum absolute atomic E-state index is 0.0446. The van der Waals surface area contributed by atoms with E-state index in [-0.39, 0.29) is 11.8 Å². The first-order chi connectivity index (χ1) is 15.8. The van der Waals surface area contributed by atoms with E-state index in [4.69, 9.17) is 16.4 Å².